The van der Waals surface area contributed by atoms with Crippen molar-refractivity contribution in [2.24, 2.45) is 11.8 Å². The molecule has 3 atom stereocenters. The first kappa shape index (κ1) is 12.9. The minimum absolute atomic E-state index is 0.603. The van der Waals surface area contributed by atoms with Crippen molar-refractivity contribution < 1.29 is 0 Å². The van der Waals surface area contributed by atoms with Gasteiger partial charge in [0.1, 0.15) is 12.1 Å². The quantitative estimate of drug-likeness (QED) is 0.901. The van der Waals surface area contributed by atoms with Crippen molar-refractivity contribution in [3.63, 3.8) is 0 Å². The summed E-state index contributed by atoms with van der Waals surface area (Å²) < 4.78 is 0. The van der Waals surface area contributed by atoms with E-state index in [-0.39, 0.29) is 0 Å². The van der Waals surface area contributed by atoms with Crippen molar-refractivity contribution in [2.75, 3.05) is 5.32 Å². The van der Waals surface area contributed by atoms with Crippen LogP contribution in [-0.4, -0.2) is 16.0 Å². The number of aromatic nitrogens is 2. The third-order valence-corrected chi connectivity index (χ3v) is 5.20. The van der Waals surface area contributed by atoms with Crippen molar-refractivity contribution in [3.05, 3.63) is 17.6 Å². The predicted molar refractivity (Wildman–Crippen MR) is 78.3 cm³/mol. The number of rotatable bonds is 3. The van der Waals surface area contributed by atoms with Gasteiger partial charge in [0, 0.05) is 17.3 Å². The molecule has 3 rings (SSSR count). The number of nitrogens with one attached hydrogen (secondary N) is 1. The highest BCUT2D eigenvalue weighted by Gasteiger charge is 2.32. The van der Waals surface area contributed by atoms with Crippen LogP contribution in [0.2, 0.25) is 0 Å². The minimum atomic E-state index is 0.603. The van der Waals surface area contributed by atoms with Crippen LogP contribution in [0.15, 0.2) is 6.33 Å². The van der Waals surface area contributed by atoms with Crippen LogP contribution in [0.3, 0.4) is 0 Å². The maximum atomic E-state index is 4.52. The molecule has 3 unspecified atom stereocenters. The Morgan fingerprint density at radius 2 is 2.05 bits per heavy atom. The molecule has 0 aliphatic heterocycles. The van der Waals surface area contributed by atoms with Gasteiger partial charge < -0.3 is 5.32 Å². The minimum Gasteiger partial charge on any atom is -0.367 e. The molecule has 1 saturated carbocycles. The van der Waals surface area contributed by atoms with Crippen molar-refractivity contribution in [2.45, 2.75) is 64.8 Å². The zero-order valence-electron chi connectivity index (χ0n) is 12.2. The second-order valence-electron chi connectivity index (χ2n) is 6.21. The molecule has 0 spiro atoms. The molecule has 19 heavy (non-hydrogen) atoms. The summed E-state index contributed by atoms with van der Waals surface area (Å²) in [6.07, 6.45) is 10.5. The van der Waals surface area contributed by atoms with Crippen LogP contribution in [0.4, 0.5) is 5.82 Å². The second-order valence-corrected chi connectivity index (χ2v) is 6.21. The molecular weight excluding hydrogens is 234 g/mol. The van der Waals surface area contributed by atoms with Gasteiger partial charge in [-0.2, -0.15) is 0 Å². The van der Waals surface area contributed by atoms with Gasteiger partial charge in [-0.15, -0.1) is 0 Å². The highest BCUT2D eigenvalue weighted by Crippen LogP contribution is 2.36. The molecule has 1 aromatic rings. The highest BCUT2D eigenvalue weighted by molar-refractivity contribution is 5.48. The maximum absolute atomic E-state index is 4.52. The standard InChI is InChI=1S/C16H25N3/c1-3-12-8-9-14(11(12)2)19-16-13-6-4-5-7-15(13)17-10-18-16/h10-12,14H,3-9H2,1-2H3,(H,17,18,19). The zero-order valence-corrected chi connectivity index (χ0v) is 12.2. The largest absolute Gasteiger partial charge is 0.367 e. The van der Waals surface area contributed by atoms with Crippen LogP contribution in [0.5, 0.6) is 0 Å². The summed E-state index contributed by atoms with van der Waals surface area (Å²) in [5, 5.41) is 3.73. The molecule has 0 bridgehead atoms. The van der Waals surface area contributed by atoms with Gasteiger partial charge in [-0.05, 0) is 50.4 Å². The van der Waals surface area contributed by atoms with E-state index in [4.69, 9.17) is 0 Å². The summed E-state index contributed by atoms with van der Waals surface area (Å²) >= 11 is 0. The van der Waals surface area contributed by atoms with Gasteiger partial charge in [0.15, 0.2) is 0 Å². The number of aryl methyl sites for hydroxylation is 1. The Balaban J connectivity index is 1.77. The summed E-state index contributed by atoms with van der Waals surface area (Å²) in [5.74, 6) is 2.77. The van der Waals surface area contributed by atoms with Gasteiger partial charge in [-0.25, -0.2) is 9.97 Å². The predicted octanol–water partition coefficient (Wildman–Crippen LogP) is 3.59. The fraction of sp³-hybridized carbons (Fsp3) is 0.750. The van der Waals surface area contributed by atoms with Crippen LogP contribution in [0.25, 0.3) is 0 Å². The zero-order chi connectivity index (χ0) is 13.2. The van der Waals surface area contributed by atoms with E-state index in [0.717, 1.165) is 30.5 Å². The molecule has 1 fully saturated rings. The summed E-state index contributed by atoms with van der Waals surface area (Å²) in [4.78, 5) is 8.97. The molecule has 2 aliphatic carbocycles. The first-order valence-corrected chi connectivity index (χ1v) is 7.89. The third kappa shape index (κ3) is 2.47. The SMILES string of the molecule is CCC1CCC(Nc2ncnc3c2CCCC3)C1C. The van der Waals surface area contributed by atoms with Crippen molar-refractivity contribution in [3.8, 4) is 0 Å². The van der Waals surface area contributed by atoms with Gasteiger partial charge in [0.2, 0.25) is 0 Å². The van der Waals surface area contributed by atoms with E-state index in [0.29, 0.717) is 6.04 Å². The Bertz CT molecular complexity index is 444. The summed E-state index contributed by atoms with van der Waals surface area (Å²) in [6.45, 7) is 4.71. The van der Waals surface area contributed by atoms with E-state index in [1.807, 2.05) is 0 Å². The fourth-order valence-electron chi connectivity index (χ4n) is 3.85. The second kappa shape index (κ2) is 5.48. The van der Waals surface area contributed by atoms with Gasteiger partial charge >= 0.3 is 0 Å². The first-order chi connectivity index (χ1) is 9.29. The monoisotopic (exact) mass is 259 g/mol. The van der Waals surface area contributed by atoms with Gasteiger partial charge in [0.05, 0.1) is 0 Å². The van der Waals surface area contributed by atoms with E-state index in [2.05, 4.69) is 29.1 Å². The summed E-state index contributed by atoms with van der Waals surface area (Å²) in [6, 6.07) is 0.603. The molecule has 0 saturated heterocycles. The molecule has 104 valence electrons. The van der Waals surface area contributed by atoms with Gasteiger partial charge in [-0.3, -0.25) is 0 Å². The first-order valence-electron chi connectivity index (χ1n) is 7.89. The number of nitrogens with zero attached hydrogens (tertiary/aromatic N) is 2. The molecule has 1 aromatic heterocycles. The Morgan fingerprint density at radius 1 is 1.21 bits per heavy atom. The van der Waals surface area contributed by atoms with E-state index in [1.54, 1.807) is 6.33 Å². The van der Waals surface area contributed by atoms with E-state index < -0.39 is 0 Å². The average Bonchev–Trinajstić information content (AvgIpc) is 2.80. The average molecular weight is 259 g/mol. The van der Waals surface area contributed by atoms with Crippen LogP contribution >= 0.6 is 0 Å². The van der Waals surface area contributed by atoms with E-state index in [9.17, 15) is 0 Å². The van der Waals surface area contributed by atoms with Crippen LogP contribution < -0.4 is 5.32 Å². The molecule has 2 aliphatic rings. The Kier molecular flexibility index (Phi) is 3.72. The Morgan fingerprint density at radius 3 is 2.84 bits per heavy atom. The molecule has 1 N–H and O–H groups in total. The molecule has 3 nitrogen and oxygen atoms in total. The molecule has 1 heterocycles. The Labute approximate surface area is 116 Å². The van der Waals surface area contributed by atoms with Crippen molar-refractivity contribution >= 4 is 5.82 Å². The van der Waals surface area contributed by atoms with Crippen molar-refractivity contribution in [1.82, 2.24) is 9.97 Å². The molecule has 0 radical (unpaired) electrons. The molecule has 0 aromatic carbocycles. The molecule has 3 heteroatoms. The van der Waals surface area contributed by atoms with Gasteiger partial charge in [0.25, 0.3) is 0 Å². The lowest BCUT2D eigenvalue weighted by atomic mass is 9.93. The fourth-order valence-corrected chi connectivity index (χ4v) is 3.85. The summed E-state index contributed by atoms with van der Waals surface area (Å²) in [7, 11) is 0. The third-order valence-electron chi connectivity index (χ3n) is 5.20. The van der Waals surface area contributed by atoms with Crippen LogP contribution in [-0.2, 0) is 12.8 Å². The molecule has 0 amide bonds. The lowest BCUT2D eigenvalue weighted by Crippen LogP contribution is -2.26. The number of anilines is 1. The summed E-state index contributed by atoms with van der Waals surface area (Å²) in [5.41, 5.74) is 2.67. The number of hydrogen-bond donors (Lipinski definition) is 1. The van der Waals surface area contributed by atoms with Crippen molar-refractivity contribution in [1.29, 1.82) is 0 Å². The molecular formula is C16H25N3. The van der Waals surface area contributed by atoms with Gasteiger partial charge in [-0.1, -0.05) is 20.3 Å². The van der Waals surface area contributed by atoms with Crippen LogP contribution in [0, 0.1) is 11.8 Å². The number of fused-ring (bicyclic) bond motifs is 1. The lowest BCUT2D eigenvalue weighted by Gasteiger charge is -2.24. The number of hydrogen-bond acceptors (Lipinski definition) is 3. The van der Waals surface area contributed by atoms with E-state index in [1.165, 1.54) is 43.4 Å². The Hall–Kier alpha value is -1.12. The lowest BCUT2D eigenvalue weighted by molar-refractivity contribution is 0.391. The normalized spacial score (nSPS) is 30.1. The van der Waals surface area contributed by atoms with E-state index >= 15 is 0 Å². The maximum Gasteiger partial charge on any atom is 0.133 e. The smallest absolute Gasteiger partial charge is 0.133 e. The topological polar surface area (TPSA) is 37.8 Å². The highest BCUT2D eigenvalue weighted by atomic mass is 15.0. The van der Waals surface area contributed by atoms with Crippen LogP contribution in [0.1, 0.15) is 57.2 Å².